The number of alkyl halides is 1. The van der Waals surface area contributed by atoms with Crippen LogP contribution >= 0.6 is 0 Å². The number of aromatic amines is 1. The lowest BCUT2D eigenvalue weighted by molar-refractivity contribution is 0.0724. The standard InChI is InChI=1S/C21H22F2N4O.C2H6/c22-13-5-6-18-17(8-13)19-16-4-2-1-3-12(16)10-27(21(28)20(19)26-18)11-15(25)7-14(23)9-24;1-2/h1-6,8,14-15,26H,7,9-11,24-25H2;1-2H3. The first-order chi connectivity index (χ1) is 14.5. The first-order valence-corrected chi connectivity index (χ1v) is 10.3. The molecular formula is C23H28F2N4O. The third-order valence-electron chi connectivity index (χ3n) is 5.18. The van der Waals surface area contributed by atoms with Gasteiger partial charge in [-0.25, -0.2) is 8.78 Å². The molecule has 2 aromatic carbocycles. The highest BCUT2D eigenvalue weighted by molar-refractivity contribution is 6.11. The van der Waals surface area contributed by atoms with Crippen LogP contribution in [0.5, 0.6) is 0 Å². The zero-order valence-corrected chi connectivity index (χ0v) is 17.3. The number of hydrogen-bond donors (Lipinski definition) is 3. The van der Waals surface area contributed by atoms with E-state index in [1.54, 1.807) is 11.0 Å². The number of rotatable bonds is 5. The molecule has 160 valence electrons. The fraction of sp³-hybridized carbons (Fsp3) is 0.348. The van der Waals surface area contributed by atoms with Crippen molar-refractivity contribution in [1.29, 1.82) is 0 Å². The van der Waals surface area contributed by atoms with E-state index in [1.165, 1.54) is 12.1 Å². The van der Waals surface area contributed by atoms with Crippen LogP contribution in [0, 0.1) is 5.82 Å². The lowest BCUT2D eigenvalue weighted by Gasteiger charge is -2.25. The number of aromatic nitrogens is 1. The van der Waals surface area contributed by atoms with Crippen molar-refractivity contribution in [3.63, 3.8) is 0 Å². The van der Waals surface area contributed by atoms with Crippen LogP contribution in [0.3, 0.4) is 0 Å². The van der Waals surface area contributed by atoms with Crippen molar-refractivity contribution in [2.75, 3.05) is 13.1 Å². The zero-order chi connectivity index (χ0) is 21.8. The van der Waals surface area contributed by atoms with Gasteiger partial charge in [-0.15, -0.1) is 0 Å². The average molecular weight is 415 g/mol. The van der Waals surface area contributed by atoms with Crippen LogP contribution in [0.4, 0.5) is 8.78 Å². The molecule has 1 aromatic heterocycles. The molecule has 7 heteroatoms. The first-order valence-electron chi connectivity index (χ1n) is 10.3. The summed E-state index contributed by atoms with van der Waals surface area (Å²) in [5.41, 5.74) is 15.0. The molecule has 0 fully saturated rings. The Bertz CT molecular complexity index is 1030. The van der Waals surface area contributed by atoms with Crippen LogP contribution in [0.15, 0.2) is 42.5 Å². The van der Waals surface area contributed by atoms with E-state index in [0.29, 0.717) is 28.7 Å². The molecule has 4 rings (SSSR count). The maximum atomic E-state index is 13.9. The second-order valence-corrected chi connectivity index (χ2v) is 7.24. The number of nitrogens with two attached hydrogens (primary N) is 2. The number of nitrogens with zero attached hydrogens (tertiary/aromatic N) is 1. The van der Waals surface area contributed by atoms with E-state index in [-0.39, 0.29) is 31.2 Å². The molecule has 30 heavy (non-hydrogen) atoms. The summed E-state index contributed by atoms with van der Waals surface area (Å²) in [5, 5.41) is 0.661. The van der Waals surface area contributed by atoms with E-state index in [0.717, 1.165) is 11.1 Å². The van der Waals surface area contributed by atoms with Crippen molar-refractivity contribution >= 4 is 16.8 Å². The predicted molar refractivity (Wildman–Crippen MR) is 116 cm³/mol. The summed E-state index contributed by atoms with van der Waals surface area (Å²) in [6.07, 6.45) is -1.11. The molecule has 1 amide bonds. The topological polar surface area (TPSA) is 88.1 Å². The number of benzene rings is 2. The summed E-state index contributed by atoms with van der Waals surface area (Å²) in [7, 11) is 0. The van der Waals surface area contributed by atoms with Crippen LogP contribution in [0.1, 0.15) is 36.3 Å². The Morgan fingerprint density at radius 1 is 1.20 bits per heavy atom. The van der Waals surface area contributed by atoms with Crippen molar-refractivity contribution in [1.82, 2.24) is 9.88 Å². The van der Waals surface area contributed by atoms with Crippen molar-refractivity contribution in [2.45, 2.75) is 39.0 Å². The van der Waals surface area contributed by atoms with Gasteiger partial charge in [-0.2, -0.15) is 0 Å². The molecule has 2 unspecified atom stereocenters. The molecule has 1 aliphatic heterocycles. The monoisotopic (exact) mass is 414 g/mol. The molecule has 0 radical (unpaired) electrons. The summed E-state index contributed by atoms with van der Waals surface area (Å²) in [6.45, 7) is 4.46. The van der Waals surface area contributed by atoms with E-state index in [2.05, 4.69) is 4.98 Å². The van der Waals surface area contributed by atoms with Crippen LogP contribution < -0.4 is 11.5 Å². The largest absolute Gasteiger partial charge is 0.350 e. The lowest BCUT2D eigenvalue weighted by Crippen LogP contribution is -2.42. The molecule has 2 heterocycles. The molecule has 5 N–H and O–H groups in total. The Morgan fingerprint density at radius 2 is 1.93 bits per heavy atom. The molecule has 5 nitrogen and oxygen atoms in total. The van der Waals surface area contributed by atoms with Crippen LogP contribution in [0.25, 0.3) is 22.0 Å². The Labute approximate surface area is 175 Å². The highest BCUT2D eigenvalue weighted by Crippen LogP contribution is 2.38. The summed E-state index contributed by atoms with van der Waals surface area (Å²) < 4.78 is 27.5. The van der Waals surface area contributed by atoms with Gasteiger partial charge in [0, 0.05) is 42.1 Å². The van der Waals surface area contributed by atoms with Gasteiger partial charge in [0.15, 0.2) is 0 Å². The van der Waals surface area contributed by atoms with Gasteiger partial charge < -0.3 is 21.4 Å². The van der Waals surface area contributed by atoms with Crippen LogP contribution in [-0.2, 0) is 6.54 Å². The third-order valence-corrected chi connectivity index (χ3v) is 5.18. The average Bonchev–Trinajstić information content (AvgIpc) is 3.07. The molecular weight excluding hydrogens is 386 g/mol. The highest BCUT2D eigenvalue weighted by atomic mass is 19.1. The van der Waals surface area contributed by atoms with Gasteiger partial charge >= 0.3 is 0 Å². The van der Waals surface area contributed by atoms with Crippen molar-refractivity contribution in [2.24, 2.45) is 11.5 Å². The molecule has 0 saturated heterocycles. The van der Waals surface area contributed by atoms with Crippen LogP contribution in [0.2, 0.25) is 0 Å². The number of fused-ring (bicyclic) bond motifs is 5. The van der Waals surface area contributed by atoms with Gasteiger partial charge in [0.05, 0.1) is 0 Å². The van der Waals surface area contributed by atoms with Crippen LogP contribution in [-0.4, -0.2) is 41.1 Å². The predicted octanol–water partition coefficient (Wildman–Crippen LogP) is 3.97. The summed E-state index contributed by atoms with van der Waals surface area (Å²) in [6, 6.07) is 11.5. The number of carbonyl (C=O) groups excluding carboxylic acids is 1. The second kappa shape index (κ2) is 9.36. The number of hydrogen-bond acceptors (Lipinski definition) is 3. The quantitative estimate of drug-likeness (QED) is 0.590. The van der Waals surface area contributed by atoms with Gasteiger partial charge in [-0.3, -0.25) is 4.79 Å². The normalized spacial score (nSPS) is 15.0. The van der Waals surface area contributed by atoms with Gasteiger partial charge in [-0.05, 0) is 35.7 Å². The van der Waals surface area contributed by atoms with Crippen molar-refractivity contribution in [3.05, 3.63) is 59.5 Å². The van der Waals surface area contributed by atoms with Crippen molar-refractivity contribution < 1.29 is 13.6 Å². The molecule has 3 aromatic rings. The van der Waals surface area contributed by atoms with E-state index in [1.807, 2.05) is 38.1 Å². The molecule has 0 bridgehead atoms. The smallest absolute Gasteiger partial charge is 0.271 e. The van der Waals surface area contributed by atoms with Crippen molar-refractivity contribution in [3.8, 4) is 11.1 Å². The van der Waals surface area contributed by atoms with E-state index in [9.17, 15) is 13.6 Å². The SMILES string of the molecule is CC.NCC(F)CC(N)CN1Cc2ccccc2-c2c([nH]c3ccc(F)cc23)C1=O. The van der Waals surface area contributed by atoms with Gasteiger partial charge in [0.25, 0.3) is 5.91 Å². The van der Waals surface area contributed by atoms with E-state index in [4.69, 9.17) is 11.5 Å². The second-order valence-electron chi connectivity index (χ2n) is 7.24. The van der Waals surface area contributed by atoms with Gasteiger partial charge in [0.1, 0.15) is 17.7 Å². The number of nitrogens with one attached hydrogen (secondary N) is 1. The minimum Gasteiger partial charge on any atom is -0.350 e. The zero-order valence-electron chi connectivity index (χ0n) is 17.3. The molecule has 0 saturated carbocycles. The Balaban J connectivity index is 0.00000124. The maximum Gasteiger partial charge on any atom is 0.271 e. The Hall–Kier alpha value is -2.77. The lowest BCUT2D eigenvalue weighted by atomic mass is 9.98. The molecule has 2 atom stereocenters. The molecule has 0 aliphatic carbocycles. The number of H-pyrrole nitrogens is 1. The number of halogens is 2. The number of carbonyl (C=O) groups is 1. The summed E-state index contributed by atoms with van der Waals surface area (Å²) >= 11 is 0. The maximum absolute atomic E-state index is 13.9. The Morgan fingerprint density at radius 3 is 2.67 bits per heavy atom. The number of amides is 1. The minimum atomic E-state index is -1.20. The fourth-order valence-electron chi connectivity index (χ4n) is 3.87. The van der Waals surface area contributed by atoms with E-state index < -0.39 is 12.2 Å². The Kier molecular flexibility index (Phi) is 6.84. The fourth-order valence-corrected chi connectivity index (χ4v) is 3.87. The van der Waals surface area contributed by atoms with E-state index >= 15 is 0 Å². The third kappa shape index (κ3) is 4.22. The van der Waals surface area contributed by atoms with Gasteiger partial charge in [0.2, 0.25) is 0 Å². The summed E-state index contributed by atoms with van der Waals surface area (Å²) in [5.74, 6) is -0.598. The summed E-state index contributed by atoms with van der Waals surface area (Å²) in [4.78, 5) is 18.0. The molecule has 1 aliphatic rings. The van der Waals surface area contributed by atoms with Gasteiger partial charge in [-0.1, -0.05) is 38.1 Å². The molecule has 0 spiro atoms. The first kappa shape index (κ1) is 21.9. The minimum absolute atomic E-state index is 0.0900. The highest BCUT2D eigenvalue weighted by Gasteiger charge is 2.30.